The molecule has 0 saturated carbocycles. The number of hydrogen-bond acceptors (Lipinski definition) is 5. The Kier molecular flexibility index (Phi) is 5.23. The van der Waals surface area contributed by atoms with Gasteiger partial charge < -0.3 is 23.5 Å². The van der Waals surface area contributed by atoms with Crippen molar-refractivity contribution in [1.29, 1.82) is 0 Å². The van der Waals surface area contributed by atoms with Gasteiger partial charge in [-0.25, -0.2) is 4.79 Å². The van der Waals surface area contributed by atoms with Crippen molar-refractivity contribution in [2.24, 2.45) is 0 Å². The lowest BCUT2D eigenvalue weighted by atomic mass is 10.0. The zero-order valence-corrected chi connectivity index (χ0v) is 14.8. The Balaban J connectivity index is 2.22. The first-order chi connectivity index (χ1) is 10.6. The molecule has 3 atom stereocenters. The lowest BCUT2D eigenvalue weighted by Crippen LogP contribution is -2.35. The van der Waals surface area contributed by atoms with Gasteiger partial charge in [0.25, 0.3) is 0 Å². The van der Waals surface area contributed by atoms with E-state index in [-0.39, 0.29) is 25.6 Å². The van der Waals surface area contributed by atoms with Crippen LogP contribution in [-0.4, -0.2) is 46.8 Å². The summed E-state index contributed by atoms with van der Waals surface area (Å²) in [4.78, 5) is 24.0. The molecule has 23 heavy (non-hydrogen) atoms. The van der Waals surface area contributed by atoms with Crippen molar-refractivity contribution < 1.29 is 27.9 Å². The predicted octanol–water partition coefficient (Wildman–Crippen LogP) is 3.20. The highest BCUT2D eigenvalue weighted by Crippen LogP contribution is 2.55. The van der Waals surface area contributed by atoms with E-state index >= 15 is 0 Å². The average molecular weight is 345 g/mol. The van der Waals surface area contributed by atoms with Crippen molar-refractivity contribution in [1.82, 2.24) is 4.90 Å². The molecule has 1 amide bonds. The number of ether oxygens (including phenoxy) is 1. The molecule has 1 aromatic rings. The van der Waals surface area contributed by atoms with E-state index in [0.29, 0.717) is 0 Å². The molecule has 1 N–H and O–H groups in total. The molecule has 0 aliphatic carbocycles. The first-order valence-corrected chi connectivity index (χ1v) is 9.25. The van der Waals surface area contributed by atoms with Gasteiger partial charge in [-0.15, -0.1) is 0 Å². The summed E-state index contributed by atoms with van der Waals surface area (Å²) in [6.45, 7) is 7.54. The molecule has 3 unspecified atom stereocenters. The second-order valence-electron chi connectivity index (χ2n) is 6.60. The Bertz CT molecular complexity index is 579. The molecule has 0 radical (unpaired) electrons. The zero-order valence-electron chi connectivity index (χ0n) is 13.9. The lowest BCUT2D eigenvalue weighted by Gasteiger charge is -2.24. The van der Waals surface area contributed by atoms with E-state index < -0.39 is 24.9 Å². The molecule has 0 bridgehead atoms. The number of nitrogens with zero attached hydrogens (tertiary/aromatic N) is 1. The van der Waals surface area contributed by atoms with Crippen LogP contribution in [0.2, 0.25) is 0 Å². The first kappa shape index (κ1) is 18.0. The molecule has 1 aliphatic rings. The summed E-state index contributed by atoms with van der Waals surface area (Å²) in [7, 11) is -3.86. The Morgan fingerprint density at radius 1 is 1.48 bits per heavy atom. The van der Waals surface area contributed by atoms with E-state index in [1.165, 1.54) is 17.4 Å². The smallest absolute Gasteiger partial charge is 0.410 e. The maximum atomic E-state index is 12.5. The van der Waals surface area contributed by atoms with Gasteiger partial charge in [0.15, 0.2) is 0 Å². The molecule has 1 saturated heterocycles. The highest BCUT2D eigenvalue weighted by Gasteiger charge is 2.48. The normalized spacial score (nSPS) is 24.5. The summed E-state index contributed by atoms with van der Waals surface area (Å²) < 4.78 is 28.0. The molecule has 2 heterocycles. The zero-order chi connectivity index (χ0) is 17.3. The van der Waals surface area contributed by atoms with Gasteiger partial charge in [0, 0.05) is 19.0 Å². The summed E-state index contributed by atoms with van der Waals surface area (Å²) in [5.41, 5.74) is -0.550. The molecule has 1 fully saturated rings. The van der Waals surface area contributed by atoms with Crippen LogP contribution >= 0.6 is 7.60 Å². The van der Waals surface area contributed by atoms with Gasteiger partial charge in [-0.2, -0.15) is 0 Å². The Morgan fingerprint density at radius 2 is 2.17 bits per heavy atom. The Morgan fingerprint density at radius 3 is 2.70 bits per heavy atom. The van der Waals surface area contributed by atoms with Crippen molar-refractivity contribution in [3.8, 4) is 0 Å². The van der Waals surface area contributed by atoms with Crippen molar-refractivity contribution in [2.75, 3.05) is 19.7 Å². The first-order valence-electron chi connectivity index (χ1n) is 7.61. The van der Waals surface area contributed by atoms with Crippen molar-refractivity contribution in [3.05, 3.63) is 24.2 Å². The van der Waals surface area contributed by atoms with Crippen LogP contribution in [0, 0.1) is 0 Å². The fraction of sp³-hybridized carbons (Fsp3) is 0.667. The average Bonchev–Trinajstić information content (AvgIpc) is 3.06. The van der Waals surface area contributed by atoms with E-state index in [1.54, 1.807) is 33.8 Å². The molecule has 0 aromatic carbocycles. The Labute approximate surface area is 136 Å². The van der Waals surface area contributed by atoms with Gasteiger partial charge in [0.1, 0.15) is 5.60 Å². The third-order valence-electron chi connectivity index (χ3n) is 3.65. The van der Waals surface area contributed by atoms with Gasteiger partial charge in [-0.3, -0.25) is 4.57 Å². The van der Waals surface area contributed by atoms with Crippen LogP contribution in [0.1, 0.15) is 39.2 Å². The van der Waals surface area contributed by atoms with E-state index in [0.717, 1.165) is 5.56 Å². The van der Waals surface area contributed by atoms with E-state index in [1.807, 2.05) is 0 Å². The number of amides is 1. The monoisotopic (exact) mass is 345 g/mol. The summed E-state index contributed by atoms with van der Waals surface area (Å²) in [5.74, 6) is -0.330. The van der Waals surface area contributed by atoms with Gasteiger partial charge in [0.05, 0.1) is 24.8 Å². The van der Waals surface area contributed by atoms with Gasteiger partial charge in [0.2, 0.25) is 0 Å². The highest BCUT2D eigenvalue weighted by molar-refractivity contribution is 7.53. The maximum absolute atomic E-state index is 12.5. The minimum Gasteiger partial charge on any atom is -0.472 e. The second-order valence-corrected chi connectivity index (χ2v) is 8.65. The van der Waals surface area contributed by atoms with Crippen LogP contribution in [-0.2, 0) is 13.8 Å². The fourth-order valence-electron chi connectivity index (χ4n) is 2.69. The number of rotatable bonds is 4. The Hall–Kier alpha value is -1.30. The minimum absolute atomic E-state index is 0.110. The summed E-state index contributed by atoms with van der Waals surface area (Å²) in [5, 5.41) is 0. The van der Waals surface area contributed by atoms with Crippen molar-refractivity contribution >= 4 is 13.7 Å². The van der Waals surface area contributed by atoms with Crippen molar-refractivity contribution in [2.45, 2.75) is 44.9 Å². The molecule has 130 valence electrons. The molecule has 1 aromatic heterocycles. The number of carbonyl (C=O) groups excluding carboxylic acids is 1. The van der Waals surface area contributed by atoms with Crippen LogP contribution in [0.4, 0.5) is 4.79 Å². The molecule has 8 heteroatoms. The number of furan rings is 1. The molecule has 7 nitrogen and oxygen atoms in total. The lowest BCUT2D eigenvalue weighted by molar-refractivity contribution is 0.0292. The number of likely N-dealkylation sites (tertiary alicyclic amines) is 1. The van der Waals surface area contributed by atoms with Gasteiger partial charge in [-0.05, 0) is 39.3 Å². The summed E-state index contributed by atoms with van der Waals surface area (Å²) in [6, 6.07) is 1.74. The van der Waals surface area contributed by atoms with Crippen LogP contribution < -0.4 is 0 Å². The molecular weight excluding hydrogens is 321 g/mol. The third-order valence-corrected chi connectivity index (χ3v) is 5.63. The predicted molar refractivity (Wildman–Crippen MR) is 84.5 cm³/mol. The number of carbonyl (C=O) groups is 1. The maximum Gasteiger partial charge on any atom is 0.410 e. The standard InChI is InChI=1S/C15H24NO6P/c1-5-21-23(18,19)13-9-16(14(17)22-15(2,3)4)8-12(13)11-6-7-20-10-11/h6-7,10,12-13H,5,8-9H2,1-4H3,(H,18,19). The number of hydrogen-bond donors (Lipinski definition) is 1. The van der Waals surface area contributed by atoms with Crippen LogP contribution in [0.5, 0.6) is 0 Å². The van der Waals surface area contributed by atoms with Gasteiger partial charge in [-0.1, -0.05) is 0 Å². The van der Waals surface area contributed by atoms with E-state index in [2.05, 4.69) is 0 Å². The summed E-state index contributed by atoms with van der Waals surface area (Å²) in [6.07, 6.45) is 2.54. The SMILES string of the molecule is CCOP(=O)(O)C1CN(C(=O)OC(C)(C)C)CC1c1ccoc1. The van der Waals surface area contributed by atoms with E-state index in [4.69, 9.17) is 13.7 Å². The topological polar surface area (TPSA) is 89.2 Å². The van der Waals surface area contributed by atoms with Crippen molar-refractivity contribution in [3.63, 3.8) is 0 Å². The minimum atomic E-state index is -3.86. The molecule has 1 aliphatic heterocycles. The molecule has 2 rings (SSSR count). The van der Waals surface area contributed by atoms with Crippen LogP contribution in [0.25, 0.3) is 0 Å². The van der Waals surface area contributed by atoms with Crippen LogP contribution in [0.15, 0.2) is 23.0 Å². The molecular formula is C15H24NO6P. The fourth-order valence-corrected chi connectivity index (χ4v) is 4.37. The highest BCUT2D eigenvalue weighted by atomic mass is 31.2. The largest absolute Gasteiger partial charge is 0.472 e. The third kappa shape index (κ3) is 4.37. The van der Waals surface area contributed by atoms with E-state index in [9.17, 15) is 14.3 Å². The molecule has 0 spiro atoms. The van der Waals surface area contributed by atoms with Crippen LogP contribution in [0.3, 0.4) is 0 Å². The summed E-state index contributed by atoms with van der Waals surface area (Å²) >= 11 is 0. The quantitative estimate of drug-likeness (QED) is 0.843. The second kappa shape index (κ2) is 6.67. The van der Waals surface area contributed by atoms with Gasteiger partial charge >= 0.3 is 13.7 Å².